The Labute approximate surface area is 98.0 Å². The van der Waals surface area contributed by atoms with Gasteiger partial charge in [0.15, 0.2) is 0 Å². The summed E-state index contributed by atoms with van der Waals surface area (Å²) < 4.78 is 0. The van der Waals surface area contributed by atoms with E-state index in [1.165, 1.54) is 4.90 Å². The van der Waals surface area contributed by atoms with E-state index in [4.69, 9.17) is 0 Å². The maximum atomic E-state index is 11.3. The molecule has 0 saturated carbocycles. The highest BCUT2D eigenvalue weighted by molar-refractivity contribution is 8.14. The van der Waals surface area contributed by atoms with Crippen LogP contribution >= 0.6 is 11.8 Å². The van der Waals surface area contributed by atoms with Gasteiger partial charge >= 0.3 is 0 Å². The normalized spacial score (nSPS) is 15.7. The average molecular weight is 236 g/mol. The van der Waals surface area contributed by atoms with Crippen LogP contribution in [0.15, 0.2) is 24.3 Å². The molecule has 0 spiro atoms. The number of carbonyl (C=O) groups is 2. The van der Waals surface area contributed by atoms with Gasteiger partial charge in [0.2, 0.25) is 5.91 Å². The van der Waals surface area contributed by atoms with Crippen LogP contribution in [0.2, 0.25) is 0 Å². The number of benzene rings is 1. The van der Waals surface area contributed by atoms with Crippen LogP contribution in [0, 0.1) is 6.92 Å². The third-order valence-electron chi connectivity index (χ3n) is 2.30. The molecule has 1 N–H and O–H groups in total. The van der Waals surface area contributed by atoms with Gasteiger partial charge in [-0.15, -0.1) is 0 Å². The molecule has 1 heterocycles. The first kappa shape index (κ1) is 11.0. The van der Waals surface area contributed by atoms with Crippen molar-refractivity contribution in [2.45, 2.75) is 6.92 Å². The lowest BCUT2D eigenvalue weighted by Gasteiger charge is -2.14. The predicted molar refractivity (Wildman–Crippen MR) is 64.4 cm³/mol. The van der Waals surface area contributed by atoms with Gasteiger partial charge in [0.1, 0.15) is 0 Å². The van der Waals surface area contributed by atoms with Gasteiger partial charge in [-0.05, 0) is 24.6 Å². The quantitative estimate of drug-likeness (QED) is 0.872. The smallest absolute Gasteiger partial charge is 0.290 e. The molecule has 1 fully saturated rings. The number of nitrogens with zero attached hydrogens (tertiary/aromatic N) is 1. The van der Waals surface area contributed by atoms with Crippen LogP contribution in [0.25, 0.3) is 0 Å². The van der Waals surface area contributed by atoms with Crippen LogP contribution in [-0.2, 0) is 4.79 Å². The van der Waals surface area contributed by atoms with Crippen LogP contribution in [0.3, 0.4) is 0 Å². The molecule has 0 bridgehead atoms. The molecule has 1 aromatic carbocycles. The summed E-state index contributed by atoms with van der Waals surface area (Å²) in [5.41, 5.74) is 2.05. The highest BCUT2D eigenvalue weighted by Gasteiger charge is 2.29. The van der Waals surface area contributed by atoms with Gasteiger partial charge in [-0.25, -0.2) is 0 Å². The van der Waals surface area contributed by atoms with Crippen molar-refractivity contribution in [3.8, 4) is 0 Å². The molecular formula is C11H12N2O2S. The van der Waals surface area contributed by atoms with Crippen molar-refractivity contribution < 1.29 is 9.59 Å². The van der Waals surface area contributed by atoms with Crippen molar-refractivity contribution in [3.63, 3.8) is 0 Å². The SMILES string of the molecule is Cc1cccc(NCN2C(=O)CSC2=O)c1. The number of hydrogen-bond acceptors (Lipinski definition) is 4. The second kappa shape index (κ2) is 4.57. The van der Waals surface area contributed by atoms with Gasteiger partial charge in [-0.1, -0.05) is 23.9 Å². The summed E-state index contributed by atoms with van der Waals surface area (Å²) in [5, 5.41) is 2.88. The maximum Gasteiger partial charge on any atom is 0.290 e. The number of imide groups is 1. The first-order valence-electron chi connectivity index (χ1n) is 4.94. The van der Waals surface area contributed by atoms with Crippen LogP contribution in [-0.4, -0.2) is 28.5 Å². The monoisotopic (exact) mass is 236 g/mol. The molecule has 0 aliphatic carbocycles. The van der Waals surface area contributed by atoms with E-state index in [1.54, 1.807) is 0 Å². The van der Waals surface area contributed by atoms with E-state index >= 15 is 0 Å². The molecule has 0 radical (unpaired) electrons. The third kappa shape index (κ3) is 2.36. The van der Waals surface area contributed by atoms with Crippen molar-refractivity contribution in [3.05, 3.63) is 29.8 Å². The topological polar surface area (TPSA) is 49.4 Å². The van der Waals surface area contributed by atoms with E-state index < -0.39 is 0 Å². The molecule has 0 aromatic heterocycles. The van der Waals surface area contributed by atoms with E-state index in [0.29, 0.717) is 0 Å². The third-order valence-corrected chi connectivity index (χ3v) is 3.16. The Morgan fingerprint density at radius 2 is 2.25 bits per heavy atom. The van der Waals surface area contributed by atoms with Crippen molar-refractivity contribution in [2.75, 3.05) is 17.7 Å². The summed E-state index contributed by atoms with van der Waals surface area (Å²) in [6, 6.07) is 7.80. The standard InChI is InChI=1S/C11H12N2O2S/c1-8-3-2-4-9(5-8)12-7-13-10(14)6-16-11(13)15/h2-5,12H,6-7H2,1H3. The summed E-state index contributed by atoms with van der Waals surface area (Å²) in [5.74, 6) is 0.129. The number of rotatable bonds is 3. The number of anilines is 1. The number of aryl methyl sites for hydroxylation is 1. The Kier molecular flexibility index (Phi) is 3.14. The van der Waals surface area contributed by atoms with Crippen molar-refractivity contribution in [1.82, 2.24) is 4.90 Å². The minimum atomic E-state index is -0.176. The molecule has 84 valence electrons. The largest absolute Gasteiger partial charge is 0.367 e. The highest BCUT2D eigenvalue weighted by Crippen LogP contribution is 2.18. The van der Waals surface area contributed by atoms with Gasteiger partial charge < -0.3 is 5.32 Å². The van der Waals surface area contributed by atoms with Gasteiger partial charge in [0.05, 0.1) is 12.4 Å². The molecule has 1 saturated heterocycles. The van der Waals surface area contributed by atoms with E-state index in [1.807, 2.05) is 31.2 Å². The minimum absolute atomic E-state index is 0.129. The summed E-state index contributed by atoms with van der Waals surface area (Å²) in [7, 11) is 0. The predicted octanol–water partition coefficient (Wildman–Crippen LogP) is 2.06. The maximum absolute atomic E-state index is 11.3. The molecule has 0 atom stereocenters. The molecule has 1 aliphatic rings. The van der Waals surface area contributed by atoms with Crippen LogP contribution < -0.4 is 5.32 Å². The Morgan fingerprint density at radius 3 is 2.88 bits per heavy atom. The van der Waals surface area contributed by atoms with Gasteiger partial charge in [0.25, 0.3) is 5.24 Å². The molecule has 0 unspecified atom stereocenters. The number of carbonyl (C=O) groups excluding carboxylic acids is 2. The molecule has 1 aliphatic heterocycles. The lowest BCUT2D eigenvalue weighted by atomic mass is 10.2. The average Bonchev–Trinajstić information content (AvgIpc) is 2.56. The molecule has 2 amide bonds. The summed E-state index contributed by atoms with van der Waals surface area (Å²) in [6.07, 6.45) is 0. The van der Waals surface area contributed by atoms with Crippen LogP contribution in [0.4, 0.5) is 10.5 Å². The second-order valence-electron chi connectivity index (χ2n) is 3.58. The first-order chi connectivity index (χ1) is 7.66. The van der Waals surface area contributed by atoms with E-state index in [9.17, 15) is 9.59 Å². The fourth-order valence-electron chi connectivity index (χ4n) is 1.46. The number of nitrogens with one attached hydrogen (secondary N) is 1. The van der Waals surface area contributed by atoms with Gasteiger partial charge in [-0.2, -0.15) is 0 Å². The first-order valence-corrected chi connectivity index (χ1v) is 5.93. The van der Waals surface area contributed by atoms with Gasteiger partial charge in [0, 0.05) is 5.69 Å². The lowest BCUT2D eigenvalue weighted by molar-refractivity contribution is -0.124. The van der Waals surface area contributed by atoms with Crippen LogP contribution in [0.5, 0.6) is 0 Å². The Hall–Kier alpha value is -1.49. The number of hydrogen-bond donors (Lipinski definition) is 1. The Balaban J connectivity index is 1.97. The fraction of sp³-hybridized carbons (Fsp3) is 0.273. The fourth-order valence-corrected chi connectivity index (χ4v) is 2.18. The number of thioether (sulfide) groups is 1. The van der Waals surface area contributed by atoms with Crippen molar-refractivity contribution >= 4 is 28.6 Å². The summed E-state index contributed by atoms with van der Waals surface area (Å²) >= 11 is 1.05. The summed E-state index contributed by atoms with van der Waals surface area (Å²) in [6.45, 7) is 2.24. The zero-order chi connectivity index (χ0) is 11.5. The van der Waals surface area contributed by atoms with E-state index in [0.717, 1.165) is 23.0 Å². The van der Waals surface area contributed by atoms with Gasteiger partial charge in [-0.3, -0.25) is 14.5 Å². The molecule has 1 aromatic rings. The lowest BCUT2D eigenvalue weighted by Crippen LogP contribution is -2.33. The van der Waals surface area contributed by atoms with E-state index in [-0.39, 0.29) is 23.6 Å². The molecular weight excluding hydrogens is 224 g/mol. The molecule has 4 nitrogen and oxygen atoms in total. The van der Waals surface area contributed by atoms with E-state index in [2.05, 4.69) is 5.32 Å². The zero-order valence-corrected chi connectivity index (χ0v) is 9.71. The molecule has 2 rings (SSSR count). The molecule has 16 heavy (non-hydrogen) atoms. The zero-order valence-electron chi connectivity index (χ0n) is 8.90. The number of amides is 2. The Morgan fingerprint density at radius 1 is 1.44 bits per heavy atom. The molecule has 5 heteroatoms. The van der Waals surface area contributed by atoms with Crippen LogP contribution in [0.1, 0.15) is 5.56 Å². The van der Waals surface area contributed by atoms with Crippen molar-refractivity contribution in [1.29, 1.82) is 0 Å². The highest BCUT2D eigenvalue weighted by atomic mass is 32.2. The Bertz CT molecular complexity index is 418. The minimum Gasteiger partial charge on any atom is -0.367 e. The second-order valence-corrected chi connectivity index (χ2v) is 4.51. The summed E-state index contributed by atoms with van der Waals surface area (Å²) in [4.78, 5) is 23.8. The van der Waals surface area contributed by atoms with Crippen molar-refractivity contribution in [2.24, 2.45) is 0 Å².